The van der Waals surface area contributed by atoms with Gasteiger partial charge in [0.25, 0.3) is 5.56 Å². The summed E-state index contributed by atoms with van der Waals surface area (Å²) in [5.41, 5.74) is 4.71. The van der Waals surface area contributed by atoms with E-state index in [-0.39, 0.29) is 18.3 Å². The maximum Gasteiger partial charge on any atom is 0.282 e. The fourth-order valence-corrected chi connectivity index (χ4v) is 5.84. The Bertz CT molecular complexity index is 2040. The zero-order valence-corrected chi connectivity index (χ0v) is 28.6. The minimum absolute atomic E-state index is 0.193. The van der Waals surface area contributed by atoms with Gasteiger partial charge in [-0.1, -0.05) is 32.0 Å². The predicted molar refractivity (Wildman–Crippen MR) is 187 cm³/mol. The van der Waals surface area contributed by atoms with Crippen molar-refractivity contribution in [1.82, 2.24) is 9.66 Å². The van der Waals surface area contributed by atoms with Gasteiger partial charge in [0.15, 0.2) is 28.8 Å². The largest absolute Gasteiger partial charge is 0.494 e. The van der Waals surface area contributed by atoms with E-state index in [4.69, 9.17) is 33.8 Å². The molecule has 0 unspecified atom stereocenters. The zero-order chi connectivity index (χ0) is 33.1. The van der Waals surface area contributed by atoms with E-state index in [1.54, 1.807) is 12.3 Å². The molecule has 4 aromatic carbocycles. The maximum absolute atomic E-state index is 14.0. The molecule has 1 aliphatic heterocycles. The van der Waals surface area contributed by atoms with Crippen molar-refractivity contribution < 1.29 is 23.7 Å². The summed E-state index contributed by atoms with van der Waals surface area (Å²) < 4.78 is 31.1. The van der Waals surface area contributed by atoms with Crippen LogP contribution >= 0.6 is 15.9 Å². The second kappa shape index (κ2) is 13.9. The van der Waals surface area contributed by atoms with E-state index in [2.05, 4.69) is 35.8 Å². The van der Waals surface area contributed by atoms with E-state index in [0.29, 0.717) is 63.8 Å². The highest BCUT2D eigenvalue weighted by Gasteiger charge is 2.19. The lowest BCUT2D eigenvalue weighted by atomic mass is 9.96. The van der Waals surface area contributed by atoms with Crippen molar-refractivity contribution in [1.29, 1.82) is 0 Å². The summed E-state index contributed by atoms with van der Waals surface area (Å²) in [7, 11) is 0. The van der Waals surface area contributed by atoms with Gasteiger partial charge in [0.1, 0.15) is 12.4 Å². The van der Waals surface area contributed by atoms with Crippen molar-refractivity contribution >= 4 is 33.0 Å². The first kappa shape index (κ1) is 32.1. The van der Waals surface area contributed by atoms with Crippen LogP contribution in [0.3, 0.4) is 0 Å². The van der Waals surface area contributed by atoms with Gasteiger partial charge in [-0.05, 0) is 108 Å². The summed E-state index contributed by atoms with van der Waals surface area (Å²) in [5.74, 6) is 3.99. The summed E-state index contributed by atoms with van der Waals surface area (Å²) in [5, 5.41) is 5.20. The third-order valence-electron chi connectivity index (χ3n) is 7.78. The summed E-state index contributed by atoms with van der Waals surface area (Å²) in [6, 6.07) is 20.8. The normalized spacial score (nSPS) is 12.3. The Kier molecular flexibility index (Phi) is 9.49. The number of aromatic nitrogens is 2. The molecule has 0 radical (unpaired) electrons. The molecule has 0 amide bonds. The van der Waals surface area contributed by atoms with Crippen molar-refractivity contribution in [2.45, 2.75) is 47.1 Å². The lowest BCUT2D eigenvalue weighted by molar-refractivity contribution is 0.174. The molecule has 1 aliphatic rings. The van der Waals surface area contributed by atoms with Gasteiger partial charge in [0.05, 0.1) is 30.3 Å². The van der Waals surface area contributed by atoms with Gasteiger partial charge in [-0.15, -0.1) is 0 Å². The topological polar surface area (TPSA) is 93.4 Å². The maximum atomic E-state index is 14.0. The monoisotopic (exact) mass is 697 g/mol. The Morgan fingerprint density at radius 1 is 0.936 bits per heavy atom. The molecule has 0 fully saturated rings. The van der Waals surface area contributed by atoms with Crippen LogP contribution in [0.2, 0.25) is 0 Å². The highest BCUT2D eigenvalue weighted by atomic mass is 79.9. The van der Waals surface area contributed by atoms with Crippen LogP contribution in [0.25, 0.3) is 22.3 Å². The molecule has 6 rings (SSSR count). The third kappa shape index (κ3) is 6.69. The highest BCUT2D eigenvalue weighted by molar-refractivity contribution is 9.10. The molecule has 0 spiro atoms. The van der Waals surface area contributed by atoms with E-state index >= 15 is 0 Å². The number of hydrogen-bond donors (Lipinski definition) is 0. The third-order valence-corrected chi connectivity index (χ3v) is 8.47. The first-order valence-corrected chi connectivity index (χ1v) is 16.4. The van der Waals surface area contributed by atoms with E-state index in [0.717, 1.165) is 33.8 Å². The molecule has 5 aromatic rings. The molecule has 0 saturated heterocycles. The average Bonchev–Trinajstić information content (AvgIpc) is 3.53. The summed E-state index contributed by atoms with van der Waals surface area (Å²) in [6.45, 7) is 11.6. The Hall–Kier alpha value is -4.83. The zero-order valence-electron chi connectivity index (χ0n) is 27.0. The Morgan fingerprint density at radius 3 is 2.47 bits per heavy atom. The van der Waals surface area contributed by atoms with Crippen molar-refractivity contribution in [3.05, 3.63) is 104 Å². The molecule has 0 N–H and O–H groups in total. The van der Waals surface area contributed by atoms with Crippen LogP contribution < -0.4 is 29.2 Å². The first-order valence-electron chi connectivity index (χ1n) is 15.6. The molecular formula is C37H36BrN3O6. The minimum atomic E-state index is -0.272. The molecule has 0 aliphatic carbocycles. The minimum Gasteiger partial charge on any atom is -0.494 e. The molecule has 1 aromatic heterocycles. The van der Waals surface area contributed by atoms with Crippen LogP contribution in [-0.2, 0) is 6.61 Å². The van der Waals surface area contributed by atoms with E-state index in [1.807, 2.05) is 75.4 Å². The average molecular weight is 699 g/mol. The van der Waals surface area contributed by atoms with Gasteiger partial charge >= 0.3 is 0 Å². The van der Waals surface area contributed by atoms with Crippen molar-refractivity contribution in [2.24, 2.45) is 5.10 Å². The quantitative estimate of drug-likeness (QED) is 0.128. The molecular weight excluding hydrogens is 662 g/mol. The Labute approximate surface area is 281 Å². The van der Waals surface area contributed by atoms with Crippen molar-refractivity contribution in [3.8, 4) is 40.1 Å². The number of para-hydroxylation sites is 1. The highest BCUT2D eigenvalue weighted by Crippen LogP contribution is 2.37. The number of fused-ring (bicyclic) bond motifs is 2. The van der Waals surface area contributed by atoms with Gasteiger partial charge in [-0.25, -0.2) is 4.98 Å². The van der Waals surface area contributed by atoms with Gasteiger partial charge in [0.2, 0.25) is 6.79 Å². The lowest BCUT2D eigenvalue weighted by Crippen LogP contribution is -2.21. The van der Waals surface area contributed by atoms with Gasteiger partial charge in [0, 0.05) is 15.6 Å². The molecule has 10 heteroatoms. The molecule has 242 valence electrons. The van der Waals surface area contributed by atoms with Crippen molar-refractivity contribution in [3.63, 3.8) is 0 Å². The lowest BCUT2D eigenvalue weighted by Gasteiger charge is -2.18. The van der Waals surface area contributed by atoms with E-state index < -0.39 is 0 Å². The summed E-state index contributed by atoms with van der Waals surface area (Å²) in [4.78, 5) is 18.9. The molecule has 0 bridgehead atoms. The SMILES string of the molecule is CCOc1cc(C=Nn2c(-c3cc(C(C)C)c(OCC)cc3C)nc3ccccc3c2=O)c(Br)cc1OCc1ccc2c(c1)OCO2. The van der Waals surface area contributed by atoms with Crippen LogP contribution in [0.5, 0.6) is 28.7 Å². The van der Waals surface area contributed by atoms with Gasteiger partial charge in [-0.3, -0.25) is 4.79 Å². The second-order valence-corrected chi connectivity index (χ2v) is 12.2. The molecule has 9 nitrogen and oxygen atoms in total. The van der Waals surface area contributed by atoms with E-state index in [9.17, 15) is 4.79 Å². The summed E-state index contributed by atoms with van der Waals surface area (Å²) >= 11 is 3.67. The number of ether oxygens (including phenoxy) is 5. The smallest absolute Gasteiger partial charge is 0.282 e. The van der Waals surface area contributed by atoms with Crippen LogP contribution in [0.1, 0.15) is 55.9 Å². The number of nitrogens with zero attached hydrogens (tertiary/aromatic N) is 3. The molecule has 0 atom stereocenters. The number of hydrogen-bond acceptors (Lipinski definition) is 8. The first-order chi connectivity index (χ1) is 22.8. The number of rotatable bonds is 11. The van der Waals surface area contributed by atoms with Gasteiger partial charge < -0.3 is 23.7 Å². The summed E-state index contributed by atoms with van der Waals surface area (Å²) in [6.07, 6.45) is 1.63. The van der Waals surface area contributed by atoms with E-state index in [1.165, 1.54) is 4.68 Å². The van der Waals surface area contributed by atoms with Crippen LogP contribution in [0.4, 0.5) is 0 Å². The number of benzene rings is 4. The number of aryl methyl sites for hydroxylation is 1. The molecule has 47 heavy (non-hydrogen) atoms. The fourth-order valence-electron chi connectivity index (χ4n) is 5.42. The van der Waals surface area contributed by atoms with Crippen LogP contribution in [0, 0.1) is 6.92 Å². The number of halogens is 1. The molecule has 0 saturated carbocycles. The van der Waals surface area contributed by atoms with Crippen molar-refractivity contribution in [2.75, 3.05) is 20.0 Å². The Balaban J connectivity index is 1.40. The predicted octanol–water partition coefficient (Wildman–Crippen LogP) is 8.25. The van der Waals surface area contributed by atoms with Crippen LogP contribution in [-0.4, -0.2) is 35.9 Å². The molecule has 2 heterocycles. The van der Waals surface area contributed by atoms with Gasteiger partial charge in [-0.2, -0.15) is 9.78 Å². The fraction of sp³-hybridized carbons (Fsp3) is 0.270. The van der Waals surface area contributed by atoms with Crippen LogP contribution in [0.15, 0.2) is 81.1 Å². The second-order valence-electron chi connectivity index (χ2n) is 11.3. The standard InChI is InChI=1S/C37H36BrN3O6/c1-6-43-32-14-23(5)28(17-27(32)22(3)4)36-40-30-11-9-8-10-26(30)37(42)41(36)39-19-25-16-34(44-7-2)35(18-29(25)38)45-20-24-12-13-31-33(15-24)47-21-46-31/h8-19,22H,6-7,20-21H2,1-5H3. The Morgan fingerprint density at radius 2 is 1.68 bits per heavy atom.